The van der Waals surface area contributed by atoms with Gasteiger partial charge in [0, 0.05) is 0 Å². The molecule has 0 aromatic carbocycles. The molecule has 0 radical (unpaired) electrons. The van der Waals surface area contributed by atoms with Crippen molar-refractivity contribution in [1.82, 2.24) is 0 Å². The van der Waals surface area contributed by atoms with E-state index in [0.29, 0.717) is 11.3 Å². The normalized spacial score (nSPS) is 39.5. The van der Waals surface area contributed by atoms with E-state index in [9.17, 15) is 10.4 Å². The van der Waals surface area contributed by atoms with Crippen LogP contribution < -0.4 is 0 Å². The third-order valence-corrected chi connectivity index (χ3v) is 6.40. The van der Waals surface area contributed by atoms with Crippen LogP contribution in [0.1, 0.15) is 79.1 Å². The van der Waals surface area contributed by atoms with Crippen molar-refractivity contribution in [2.24, 2.45) is 28.6 Å². The molecular formula is C19H33NO. The van der Waals surface area contributed by atoms with Gasteiger partial charge in [0.15, 0.2) is 0 Å². The molecule has 2 fully saturated rings. The minimum atomic E-state index is -0.453. The van der Waals surface area contributed by atoms with E-state index in [0.717, 1.165) is 50.4 Å². The number of rotatable bonds is 2. The molecule has 2 aliphatic rings. The largest absolute Gasteiger partial charge is 0.391 e. The number of nitrogens with zero attached hydrogens (tertiary/aromatic N) is 1. The van der Waals surface area contributed by atoms with Gasteiger partial charge in [-0.2, -0.15) is 5.26 Å². The maximum atomic E-state index is 10.9. The molecule has 0 aromatic heterocycles. The van der Waals surface area contributed by atoms with Gasteiger partial charge < -0.3 is 5.11 Å². The molecule has 2 saturated carbocycles. The fraction of sp³-hybridized carbons (Fsp3) is 0.947. The van der Waals surface area contributed by atoms with Crippen LogP contribution in [-0.4, -0.2) is 11.2 Å². The number of nitriles is 1. The maximum Gasteiger partial charge on any atom is 0.0835 e. The molecule has 1 unspecified atom stereocenters. The van der Waals surface area contributed by atoms with Crippen LogP contribution in [0.4, 0.5) is 0 Å². The zero-order valence-corrected chi connectivity index (χ0v) is 14.4. The molecule has 2 aliphatic carbocycles. The van der Waals surface area contributed by atoms with E-state index in [2.05, 4.69) is 33.8 Å². The standard InChI is InChI=1S/C19H33NO/c1-14-9-11-19(13-20,12-10-14)17(21)15-5-7-16(8-6-15)18(2,3)4/h14-17,21H,5-12H2,1-4H3. The van der Waals surface area contributed by atoms with Crippen LogP contribution in [-0.2, 0) is 0 Å². The van der Waals surface area contributed by atoms with Crippen LogP contribution in [0.15, 0.2) is 0 Å². The Bertz CT molecular complexity index is 373. The van der Waals surface area contributed by atoms with Gasteiger partial charge in [-0.15, -0.1) is 0 Å². The molecule has 1 N–H and O–H groups in total. The fourth-order valence-electron chi connectivity index (χ4n) is 4.50. The highest BCUT2D eigenvalue weighted by Crippen LogP contribution is 2.48. The van der Waals surface area contributed by atoms with Crippen LogP contribution >= 0.6 is 0 Å². The Hall–Kier alpha value is -0.550. The lowest BCUT2D eigenvalue weighted by Gasteiger charge is -2.44. The highest BCUT2D eigenvalue weighted by Gasteiger charge is 2.45. The molecule has 21 heavy (non-hydrogen) atoms. The van der Waals surface area contributed by atoms with Crippen LogP contribution in [0.5, 0.6) is 0 Å². The molecule has 1 atom stereocenters. The van der Waals surface area contributed by atoms with Gasteiger partial charge in [-0.25, -0.2) is 0 Å². The molecule has 0 bridgehead atoms. The average Bonchev–Trinajstić information content (AvgIpc) is 2.47. The van der Waals surface area contributed by atoms with Crippen molar-refractivity contribution in [3.8, 4) is 6.07 Å². The summed E-state index contributed by atoms with van der Waals surface area (Å²) in [5.74, 6) is 1.83. The topological polar surface area (TPSA) is 44.0 Å². The fourth-order valence-corrected chi connectivity index (χ4v) is 4.50. The van der Waals surface area contributed by atoms with E-state index < -0.39 is 11.5 Å². The van der Waals surface area contributed by atoms with E-state index in [1.807, 2.05) is 0 Å². The smallest absolute Gasteiger partial charge is 0.0835 e. The quantitative estimate of drug-likeness (QED) is 0.784. The molecule has 0 amide bonds. The summed E-state index contributed by atoms with van der Waals surface area (Å²) in [4.78, 5) is 0. The van der Waals surface area contributed by atoms with Gasteiger partial charge in [-0.1, -0.05) is 27.7 Å². The molecule has 2 rings (SSSR count). The molecule has 0 spiro atoms. The van der Waals surface area contributed by atoms with E-state index in [4.69, 9.17) is 0 Å². The van der Waals surface area contributed by atoms with Crippen molar-refractivity contribution >= 4 is 0 Å². The van der Waals surface area contributed by atoms with E-state index in [1.165, 1.54) is 12.8 Å². The first-order chi connectivity index (χ1) is 9.78. The molecular weight excluding hydrogens is 258 g/mol. The molecule has 0 saturated heterocycles. The minimum Gasteiger partial charge on any atom is -0.391 e. The van der Waals surface area contributed by atoms with Gasteiger partial charge in [0.25, 0.3) is 0 Å². The molecule has 2 nitrogen and oxygen atoms in total. The van der Waals surface area contributed by atoms with Gasteiger partial charge >= 0.3 is 0 Å². The Morgan fingerprint density at radius 1 is 1.05 bits per heavy atom. The first-order valence-electron chi connectivity index (χ1n) is 8.88. The van der Waals surface area contributed by atoms with Gasteiger partial charge in [0.1, 0.15) is 0 Å². The second-order valence-electron chi connectivity index (χ2n) is 8.87. The highest BCUT2D eigenvalue weighted by atomic mass is 16.3. The molecule has 0 aromatic rings. The van der Waals surface area contributed by atoms with Crippen LogP contribution in [0.25, 0.3) is 0 Å². The van der Waals surface area contributed by atoms with E-state index in [1.54, 1.807) is 0 Å². The minimum absolute atomic E-state index is 0.344. The maximum absolute atomic E-state index is 10.9. The predicted octanol–water partition coefficient (Wildman–Crippen LogP) is 4.92. The second kappa shape index (κ2) is 6.29. The Morgan fingerprint density at radius 2 is 1.57 bits per heavy atom. The summed E-state index contributed by atoms with van der Waals surface area (Å²) in [6.07, 6.45) is 8.20. The zero-order chi connectivity index (χ0) is 15.7. The number of hydrogen-bond acceptors (Lipinski definition) is 2. The van der Waals surface area contributed by atoms with E-state index >= 15 is 0 Å². The Labute approximate surface area is 130 Å². The summed E-state index contributed by atoms with van der Waals surface area (Å²) >= 11 is 0. The third-order valence-electron chi connectivity index (χ3n) is 6.40. The van der Waals surface area contributed by atoms with Gasteiger partial charge in [-0.05, 0) is 74.5 Å². The lowest BCUT2D eigenvalue weighted by Crippen LogP contribution is -2.43. The highest BCUT2D eigenvalue weighted by molar-refractivity contribution is 5.07. The van der Waals surface area contributed by atoms with E-state index in [-0.39, 0.29) is 0 Å². The second-order valence-corrected chi connectivity index (χ2v) is 8.87. The van der Waals surface area contributed by atoms with Crippen molar-refractivity contribution in [3.05, 3.63) is 0 Å². The molecule has 0 aliphatic heterocycles. The number of aliphatic hydroxyl groups is 1. The summed E-state index contributed by atoms with van der Waals surface area (Å²) in [6, 6.07) is 2.53. The van der Waals surface area contributed by atoms with Crippen molar-refractivity contribution in [2.75, 3.05) is 0 Å². The van der Waals surface area contributed by atoms with Gasteiger partial charge in [0.05, 0.1) is 17.6 Å². The average molecular weight is 291 g/mol. The molecule has 0 heterocycles. The summed E-state index contributed by atoms with van der Waals surface area (Å²) in [6.45, 7) is 9.25. The first kappa shape index (κ1) is 16.8. The predicted molar refractivity (Wildman–Crippen MR) is 86.6 cm³/mol. The SMILES string of the molecule is CC1CCC(C#N)(C(O)C2CCC(C(C)(C)C)CC2)CC1. The Morgan fingerprint density at radius 3 is 2.00 bits per heavy atom. The number of aliphatic hydroxyl groups excluding tert-OH is 1. The lowest BCUT2D eigenvalue weighted by atomic mass is 9.61. The Kier molecular flexibility index (Phi) is 5.03. The number of hydrogen-bond donors (Lipinski definition) is 1. The monoisotopic (exact) mass is 291 g/mol. The van der Waals surface area contributed by atoms with Crippen molar-refractivity contribution in [2.45, 2.75) is 85.2 Å². The van der Waals surface area contributed by atoms with Crippen molar-refractivity contribution < 1.29 is 5.11 Å². The molecule has 2 heteroatoms. The summed E-state index contributed by atoms with van der Waals surface area (Å²) in [5, 5.41) is 20.6. The summed E-state index contributed by atoms with van der Waals surface area (Å²) in [5.41, 5.74) is -0.0745. The van der Waals surface area contributed by atoms with Crippen LogP contribution in [0, 0.1) is 39.9 Å². The first-order valence-corrected chi connectivity index (χ1v) is 8.88. The van der Waals surface area contributed by atoms with Crippen molar-refractivity contribution in [1.29, 1.82) is 5.26 Å². The van der Waals surface area contributed by atoms with Gasteiger partial charge in [0.2, 0.25) is 0 Å². The van der Waals surface area contributed by atoms with Crippen molar-refractivity contribution in [3.63, 3.8) is 0 Å². The zero-order valence-electron chi connectivity index (χ0n) is 14.4. The lowest BCUT2D eigenvalue weighted by molar-refractivity contribution is -0.0349. The summed E-state index contributed by atoms with van der Waals surface area (Å²) < 4.78 is 0. The summed E-state index contributed by atoms with van der Waals surface area (Å²) in [7, 11) is 0. The van der Waals surface area contributed by atoms with Crippen LogP contribution in [0.2, 0.25) is 0 Å². The molecule has 120 valence electrons. The van der Waals surface area contributed by atoms with Gasteiger partial charge in [-0.3, -0.25) is 0 Å². The van der Waals surface area contributed by atoms with Crippen LogP contribution in [0.3, 0.4) is 0 Å². The Balaban J connectivity index is 1.98. The third kappa shape index (κ3) is 3.62.